The molecule has 0 saturated carbocycles. The van der Waals surface area contributed by atoms with Crippen molar-refractivity contribution >= 4 is 5.91 Å². The zero-order valence-electron chi connectivity index (χ0n) is 16.7. The minimum Gasteiger partial charge on any atom is -0.497 e. The number of imidazole rings is 1. The normalized spacial score (nSPS) is 10.7. The summed E-state index contributed by atoms with van der Waals surface area (Å²) in [4.78, 5) is 20.0. The van der Waals surface area contributed by atoms with Crippen molar-refractivity contribution in [2.75, 3.05) is 7.11 Å². The van der Waals surface area contributed by atoms with E-state index in [1.165, 1.54) is 6.07 Å². The van der Waals surface area contributed by atoms with E-state index in [4.69, 9.17) is 4.74 Å². The van der Waals surface area contributed by atoms with Crippen molar-refractivity contribution in [1.29, 1.82) is 0 Å². The van der Waals surface area contributed by atoms with Crippen LogP contribution in [-0.2, 0) is 6.54 Å². The van der Waals surface area contributed by atoms with Crippen molar-refractivity contribution in [2.24, 2.45) is 0 Å². The van der Waals surface area contributed by atoms with Crippen LogP contribution in [-0.4, -0.2) is 23.0 Å². The second-order valence-corrected chi connectivity index (χ2v) is 6.89. The van der Waals surface area contributed by atoms with E-state index in [9.17, 15) is 13.6 Å². The minimum absolute atomic E-state index is 0.0604. The van der Waals surface area contributed by atoms with Crippen LogP contribution in [0.25, 0.3) is 22.6 Å². The Morgan fingerprint density at radius 1 is 1.00 bits per heavy atom. The van der Waals surface area contributed by atoms with E-state index in [0.29, 0.717) is 5.82 Å². The molecule has 0 aliphatic rings. The summed E-state index contributed by atoms with van der Waals surface area (Å²) in [6, 6.07) is 18.3. The third-order valence-electron chi connectivity index (χ3n) is 4.81. The highest BCUT2D eigenvalue weighted by Crippen LogP contribution is 2.24. The number of benzene rings is 3. The monoisotopic (exact) mass is 419 g/mol. The summed E-state index contributed by atoms with van der Waals surface area (Å²) >= 11 is 0. The SMILES string of the molecule is COc1ccc(-c2cnc(-c3cccc(CNC(=O)c4ccc(F)c(F)c4)c3)[nH]2)cc1. The number of methoxy groups -OCH3 is 1. The van der Waals surface area contributed by atoms with Crippen LogP contribution < -0.4 is 10.1 Å². The molecule has 2 N–H and O–H groups in total. The first-order chi connectivity index (χ1) is 15.0. The molecule has 0 atom stereocenters. The molecular formula is C24H19F2N3O2. The van der Waals surface area contributed by atoms with Gasteiger partial charge in [-0.2, -0.15) is 0 Å². The molecule has 3 aromatic carbocycles. The maximum atomic E-state index is 13.3. The third kappa shape index (κ3) is 4.61. The van der Waals surface area contributed by atoms with Crippen LogP contribution in [0.5, 0.6) is 5.75 Å². The Morgan fingerprint density at radius 2 is 1.81 bits per heavy atom. The summed E-state index contributed by atoms with van der Waals surface area (Å²) in [6.45, 7) is 0.234. The molecule has 1 amide bonds. The number of hydrogen-bond donors (Lipinski definition) is 2. The van der Waals surface area contributed by atoms with E-state index in [2.05, 4.69) is 15.3 Å². The number of halogens is 2. The fourth-order valence-corrected chi connectivity index (χ4v) is 3.14. The van der Waals surface area contributed by atoms with E-state index >= 15 is 0 Å². The third-order valence-corrected chi connectivity index (χ3v) is 4.81. The van der Waals surface area contributed by atoms with Crippen LogP contribution in [0.4, 0.5) is 8.78 Å². The lowest BCUT2D eigenvalue weighted by Gasteiger charge is -2.07. The van der Waals surface area contributed by atoms with Gasteiger partial charge in [0.15, 0.2) is 11.6 Å². The number of nitrogens with one attached hydrogen (secondary N) is 2. The second kappa shape index (κ2) is 8.79. The van der Waals surface area contributed by atoms with Gasteiger partial charge in [0.05, 0.1) is 19.0 Å². The summed E-state index contributed by atoms with van der Waals surface area (Å²) < 4.78 is 31.6. The minimum atomic E-state index is -1.06. The highest BCUT2D eigenvalue weighted by molar-refractivity contribution is 5.94. The maximum absolute atomic E-state index is 13.3. The van der Waals surface area contributed by atoms with Gasteiger partial charge in [-0.15, -0.1) is 0 Å². The fraction of sp³-hybridized carbons (Fsp3) is 0.0833. The molecule has 0 unspecified atom stereocenters. The first-order valence-electron chi connectivity index (χ1n) is 9.55. The van der Waals surface area contributed by atoms with Gasteiger partial charge in [0, 0.05) is 17.7 Å². The number of hydrogen-bond acceptors (Lipinski definition) is 3. The molecule has 0 bridgehead atoms. The first kappa shape index (κ1) is 20.3. The zero-order chi connectivity index (χ0) is 21.8. The smallest absolute Gasteiger partial charge is 0.251 e. The topological polar surface area (TPSA) is 67.0 Å². The predicted molar refractivity (Wildman–Crippen MR) is 114 cm³/mol. The molecule has 7 heteroatoms. The fourth-order valence-electron chi connectivity index (χ4n) is 3.14. The Bertz CT molecular complexity index is 1220. The number of rotatable bonds is 6. The average Bonchev–Trinajstić information content (AvgIpc) is 3.30. The lowest BCUT2D eigenvalue weighted by atomic mass is 10.1. The van der Waals surface area contributed by atoms with E-state index in [1.807, 2.05) is 48.5 Å². The van der Waals surface area contributed by atoms with Crippen molar-refractivity contribution in [3.05, 3.63) is 95.7 Å². The van der Waals surface area contributed by atoms with Gasteiger partial charge in [0.1, 0.15) is 11.6 Å². The van der Waals surface area contributed by atoms with E-state index < -0.39 is 17.5 Å². The molecule has 0 fully saturated rings. The van der Waals surface area contributed by atoms with Gasteiger partial charge in [-0.25, -0.2) is 13.8 Å². The van der Waals surface area contributed by atoms with Crippen molar-refractivity contribution in [2.45, 2.75) is 6.54 Å². The van der Waals surface area contributed by atoms with Gasteiger partial charge in [-0.05, 0) is 59.7 Å². The highest BCUT2D eigenvalue weighted by atomic mass is 19.2. The average molecular weight is 419 g/mol. The molecule has 0 saturated heterocycles. The van der Waals surface area contributed by atoms with Crippen LogP contribution >= 0.6 is 0 Å². The van der Waals surface area contributed by atoms with Gasteiger partial charge in [-0.3, -0.25) is 4.79 Å². The molecule has 0 radical (unpaired) electrons. The summed E-state index contributed by atoms with van der Waals surface area (Å²) in [6.07, 6.45) is 1.76. The van der Waals surface area contributed by atoms with Crippen LogP contribution in [0.3, 0.4) is 0 Å². The Labute approximate surface area is 177 Å². The number of aromatic nitrogens is 2. The molecule has 1 heterocycles. The molecule has 156 valence electrons. The van der Waals surface area contributed by atoms with Crippen molar-refractivity contribution in [1.82, 2.24) is 15.3 Å². The summed E-state index contributed by atoms with van der Waals surface area (Å²) in [7, 11) is 1.62. The van der Waals surface area contributed by atoms with Gasteiger partial charge in [0.25, 0.3) is 5.91 Å². The summed E-state index contributed by atoms with van der Waals surface area (Å²) in [5.74, 6) is -1.05. The molecule has 0 aliphatic carbocycles. The number of carbonyl (C=O) groups excluding carboxylic acids is 1. The Balaban J connectivity index is 1.46. The Morgan fingerprint density at radius 3 is 2.55 bits per heavy atom. The Kier molecular flexibility index (Phi) is 5.75. The number of nitrogens with zero attached hydrogens (tertiary/aromatic N) is 1. The first-order valence-corrected chi connectivity index (χ1v) is 9.55. The number of aromatic amines is 1. The molecule has 31 heavy (non-hydrogen) atoms. The molecule has 5 nitrogen and oxygen atoms in total. The second-order valence-electron chi connectivity index (χ2n) is 6.89. The van der Waals surface area contributed by atoms with Gasteiger partial charge in [0.2, 0.25) is 0 Å². The van der Waals surface area contributed by atoms with Crippen LogP contribution in [0.15, 0.2) is 72.9 Å². The number of carbonyl (C=O) groups is 1. The lowest BCUT2D eigenvalue weighted by molar-refractivity contribution is 0.0950. The van der Waals surface area contributed by atoms with Gasteiger partial charge < -0.3 is 15.0 Å². The van der Waals surface area contributed by atoms with Crippen LogP contribution in [0.2, 0.25) is 0 Å². The van der Waals surface area contributed by atoms with E-state index in [-0.39, 0.29) is 12.1 Å². The number of amides is 1. The zero-order valence-corrected chi connectivity index (χ0v) is 16.7. The van der Waals surface area contributed by atoms with Gasteiger partial charge in [-0.1, -0.05) is 18.2 Å². The van der Waals surface area contributed by atoms with E-state index in [0.717, 1.165) is 40.3 Å². The molecule has 1 aromatic heterocycles. The summed E-state index contributed by atoms with van der Waals surface area (Å²) in [5.41, 5.74) is 3.62. The maximum Gasteiger partial charge on any atom is 0.251 e. The van der Waals surface area contributed by atoms with Crippen LogP contribution in [0.1, 0.15) is 15.9 Å². The highest BCUT2D eigenvalue weighted by Gasteiger charge is 2.10. The molecule has 0 aliphatic heterocycles. The van der Waals surface area contributed by atoms with Crippen LogP contribution in [0, 0.1) is 11.6 Å². The molecule has 0 spiro atoms. The molecule has 4 rings (SSSR count). The standard InChI is InChI=1S/C24H19F2N3O2/c1-31-19-8-5-16(6-9-19)22-14-27-23(29-22)17-4-2-3-15(11-17)13-28-24(30)18-7-10-20(25)21(26)12-18/h2-12,14H,13H2,1H3,(H,27,29)(H,28,30). The van der Waals surface area contributed by atoms with E-state index in [1.54, 1.807) is 13.3 Å². The van der Waals surface area contributed by atoms with Crippen molar-refractivity contribution < 1.29 is 18.3 Å². The quantitative estimate of drug-likeness (QED) is 0.464. The Hall–Kier alpha value is -4.00. The van der Waals surface area contributed by atoms with Gasteiger partial charge >= 0.3 is 0 Å². The summed E-state index contributed by atoms with van der Waals surface area (Å²) in [5, 5.41) is 2.71. The van der Waals surface area contributed by atoms with Crippen molar-refractivity contribution in [3.8, 4) is 28.4 Å². The largest absolute Gasteiger partial charge is 0.497 e. The lowest BCUT2D eigenvalue weighted by Crippen LogP contribution is -2.23. The predicted octanol–water partition coefficient (Wildman–Crippen LogP) is 4.96. The molecule has 4 aromatic rings. The van der Waals surface area contributed by atoms with Crippen molar-refractivity contribution in [3.63, 3.8) is 0 Å². The number of H-pyrrole nitrogens is 1. The number of ether oxygens (including phenoxy) is 1. The molecular weight excluding hydrogens is 400 g/mol.